The molecule has 2 aliphatic rings. The van der Waals surface area contributed by atoms with Crippen molar-refractivity contribution in [3.05, 3.63) is 65.6 Å². The fraction of sp³-hybridized carbons (Fsp3) is 0.448. The van der Waals surface area contributed by atoms with Gasteiger partial charge in [0.25, 0.3) is 5.91 Å². The number of amides is 1. The average molecular weight is 630 g/mol. The minimum Gasteiger partial charge on any atom is -0.480 e. The maximum atomic E-state index is 13.4. The van der Waals surface area contributed by atoms with Crippen molar-refractivity contribution in [2.75, 3.05) is 80.7 Å². The van der Waals surface area contributed by atoms with Gasteiger partial charge in [-0.2, -0.15) is 18.2 Å². The number of hydrogen-bond acceptors (Lipinski definition) is 11. The third-order valence-electron chi connectivity index (χ3n) is 7.54. The van der Waals surface area contributed by atoms with Gasteiger partial charge in [-0.3, -0.25) is 4.79 Å². The van der Waals surface area contributed by atoms with Crippen LogP contribution in [-0.2, 0) is 22.3 Å². The van der Waals surface area contributed by atoms with E-state index in [0.717, 1.165) is 30.9 Å². The summed E-state index contributed by atoms with van der Waals surface area (Å²) in [5, 5.41) is 12.3. The smallest absolute Gasteiger partial charge is 0.433 e. The molecule has 2 fully saturated rings. The third kappa shape index (κ3) is 8.33. The fourth-order valence-electron chi connectivity index (χ4n) is 4.92. The minimum atomic E-state index is -4.58. The van der Waals surface area contributed by atoms with Crippen LogP contribution < -0.4 is 20.0 Å². The Balaban J connectivity index is 1.31. The summed E-state index contributed by atoms with van der Waals surface area (Å²) in [6, 6.07) is 10.3. The van der Waals surface area contributed by atoms with Crippen LogP contribution >= 0.6 is 0 Å². The number of anilines is 3. The number of carboxylic acid groups (broad SMARTS) is 1. The first-order valence-corrected chi connectivity index (χ1v) is 14.4. The molecule has 5 rings (SSSR count). The predicted octanol–water partition coefficient (Wildman–Crippen LogP) is 1.76. The summed E-state index contributed by atoms with van der Waals surface area (Å²) in [6.07, 6.45) is -3.49. The average Bonchev–Trinajstić information content (AvgIpc) is 3.04. The number of ether oxygens (including phenoxy) is 1. The zero-order valence-corrected chi connectivity index (χ0v) is 24.7. The number of carbonyl (C=O) groups is 2. The summed E-state index contributed by atoms with van der Waals surface area (Å²) < 4.78 is 45.1. The molecule has 0 unspecified atom stereocenters. The molecule has 0 spiro atoms. The molecule has 16 heteroatoms. The molecular weight excluding hydrogens is 595 g/mol. The van der Waals surface area contributed by atoms with Crippen LogP contribution in [0.1, 0.15) is 21.7 Å². The van der Waals surface area contributed by atoms with Crippen molar-refractivity contribution < 1.29 is 32.6 Å². The second kappa shape index (κ2) is 14.0. The summed E-state index contributed by atoms with van der Waals surface area (Å²) in [7, 11) is 2.01. The highest BCUT2D eigenvalue weighted by Gasteiger charge is 2.34. The van der Waals surface area contributed by atoms with Gasteiger partial charge in [-0.15, -0.1) is 0 Å². The number of carbonyl (C=O) groups excluding carboxylic acids is 1. The Hall–Kier alpha value is -4.57. The first kappa shape index (κ1) is 31.8. The highest BCUT2D eigenvalue weighted by molar-refractivity contribution is 5.96. The van der Waals surface area contributed by atoms with Gasteiger partial charge in [0.15, 0.2) is 6.04 Å². The van der Waals surface area contributed by atoms with E-state index in [1.807, 2.05) is 47.2 Å². The highest BCUT2D eigenvalue weighted by Crippen LogP contribution is 2.28. The van der Waals surface area contributed by atoms with Crippen LogP contribution in [0.25, 0.3) is 0 Å². The number of aliphatic carboxylic acids is 1. The van der Waals surface area contributed by atoms with Crippen molar-refractivity contribution in [2.45, 2.75) is 18.8 Å². The summed E-state index contributed by atoms with van der Waals surface area (Å²) in [5.41, 5.74) is -0.153. The van der Waals surface area contributed by atoms with Gasteiger partial charge in [0, 0.05) is 64.6 Å². The van der Waals surface area contributed by atoms with Gasteiger partial charge in [-0.05, 0) is 18.7 Å². The van der Waals surface area contributed by atoms with Crippen LogP contribution in [0.15, 0.2) is 48.7 Å². The number of carboxylic acids is 1. The molecule has 1 atom stereocenters. The number of benzene rings is 1. The first-order chi connectivity index (χ1) is 21.6. The standard InChI is InChI=1S/C29H34F3N9O4/c1-38-9-11-41(12-10-38)28-35-21(25(42)34-22(26(43)44)19-45-18-20-5-3-2-4-6-20)17-24(37-28)39-13-15-40(16-14-39)27-33-8-7-23(36-27)29(30,31)32/h2-8,17,22H,9-16,18-19H2,1H3,(H,34,42)(H,43,44)/t22-/m0/s1. The molecule has 0 bridgehead atoms. The normalized spacial score (nSPS) is 16.8. The van der Waals surface area contributed by atoms with Gasteiger partial charge < -0.3 is 34.8 Å². The van der Waals surface area contributed by atoms with E-state index in [2.05, 4.69) is 25.2 Å². The zero-order chi connectivity index (χ0) is 32.0. The lowest BCUT2D eigenvalue weighted by atomic mass is 10.2. The number of halogens is 3. The first-order valence-electron chi connectivity index (χ1n) is 14.4. The van der Waals surface area contributed by atoms with Gasteiger partial charge >= 0.3 is 12.1 Å². The van der Waals surface area contributed by atoms with Crippen LogP contribution in [0.2, 0.25) is 0 Å². The lowest BCUT2D eigenvalue weighted by molar-refractivity contribution is -0.142. The van der Waals surface area contributed by atoms with Crippen molar-refractivity contribution >= 4 is 29.6 Å². The van der Waals surface area contributed by atoms with E-state index in [0.29, 0.717) is 51.0 Å². The monoisotopic (exact) mass is 629 g/mol. The summed E-state index contributed by atoms with van der Waals surface area (Å²) >= 11 is 0. The van der Waals surface area contributed by atoms with Crippen LogP contribution in [-0.4, -0.2) is 114 Å². The second-order valence-electron chi connectivity index (χ2n) is 10.8. The number of hydrogen-bond donors (Lipinski definition) is 2. The molecule has 0 saturated carbocycles. The summed E-state index contributed by atoms with van der Waals surface area (Å²) in [5.74, 6) is -1.18. The molecule has 0 radical (unpaired) electrons. The molecular formula is C29H34F3N9O4. The minimum absolute atomic E-state index is 0.00752. The molecule has 2 N–H and O–H groups in total. The Morgan fingerprint density at radius 2 is 1.56 bits per heavy atom. The zero-order valence-electron chi connectivity index (χ0n) is 24.7. The van der Waals surface area contributed by atoms with Gasteiger partial charge in [0.1, 0.15) is 17.2 Å². The maximum Gasteiger partial charge on any atom is 0.433 e. The molecule has 13 nitrogen and oxygen atoms in total. The lowest BCUT2D eigenvalue weighted by Crippen LogP contribution is -2.48. The van der Waals surface area contributed by atoms with E-state index in [1.54, 1.807) is 4.90 Å². The number of nitrogens with zero attached hydrogens (tertiary/aromatic N) is 8. The number of nitrogens with one attached hydrogen (secondary N) is 1. The number of alkyl halides is 3. The van der Waals surface area contributed by atoms with E-state index < -0.39 is 29.8 Å². The molecule has 45 heavy (non-hydrogen) atoms. The predicted molar refractivity (Wildman–Crippen MR) is 158 cm³/mol. The summed E-state index contributed by atoms with van der Waals surface area (Å²) in [6.45, 7) is 4.10. The van der Waals surface area contributed by atoms with E-state index in [9.17, 15) is 27.9 Å². The second-order valence-corrected chi connectivity index (χ2v) is 10.8. The topological polar surface area (TPSA) is 140 Å². The quantitative estimate of drug-likeness (QED) is 0.338. The van der Waals surface area contributed by atoms with Crippen molar-refractivity contribution in [3.8, 4) is 0 Å². The van der Waals surface area contributed by atoms with Gasteiger partial charge in [0.2, 0.25) is 11.9 Å². The number of rotatable bonds is 10. The molecule has 2 aliphatic heterocycles. The fourth-order valence-corrected chi connectivity index (χ4v) is 4.92. The molecule has 240 valence electrons. The van der Waals surface area contributed by atoms with Gasteiger partial charge in [-0.1, -0.05) is 30.3 Å². The Bertz CT molecular complexity index is 1460. The van der Waals surface area contributed by atoms with Gasteiger partial charge in [0.05, 0.1) is 13.2 Å². The highest BCUT2D eigenvalue weighted by atomic mass is 19.4. The molecule has 1 amide bonds. The Labute approximate surface area is 257 Å². The number of piperazine rings is 2. The molecule has 2 saturated heterocycles. The summed E-state index contributed by atoms with van der Waals surface area (Å²) in [4.78, 5) is 50.0. The molecule has 1 aromatic carbocycles. The Kier molecular flexibility index (Phi) is 9.93. The van der Waals surface area contributed by atoms with Crippen molar-refractivity contribution in [2.24, 2.45) is 0 Å². The Morgan fingerprint density at radius 1 is 0.911 bits per heavy atom. The van der Waals surface area contributed by atoms with E-state index in [-0.39, 0.29) is 24.9 Å². The van der Waals surface area contributed by atoms with Crippen molar-refractivity contribution in [1.29, 1.82) is 0 Å². The van der Waals surface area contributed by atoms with Crippen LogP contribution in [0.5, 0.6) is 0 Å². The third-order valence-corrected chi connectivity index (χ3v) is 7.54. The van der Waals surface area contributed by atoms with E-state index >= 15 is 0 Å². The molecule has 4 heterocycles. The van der Waals surface area contributed by atoms with Crippen LogP contribution in [0, 0.1) is 0 Å². The van der Waals surface area contributed by atoms with Crippen molar-refractivity contribution in [3.63, 3.8) is 0 Å². The van der Waals surface area contributed by atoms with Crippen LogP contribution in [0.3, 0.4) is 0 Å². The van der Waals surface area contributed by atoms with E-state index in [1.165, 1.54) is 6.07 Å². The van der Waals surface area contributed by atoms with Crippen LogP contribution in [0.4, 0.5) is 30.9 Å². The maximum absolute atomic E-state index is 13.4. The number of aromatic nitrogens is 4. The lowest BCUT2D eigenvalue weighted by Gasteiger charge is -2.36. The SMILES string of the molecule is CN1CCN(c2nc(C(=O)N[C@@H](COCc3ccccc3)C(=O)O)cc(N3CCN(c4nccc(C(F)(F)F)n4)CC3)n2)CC1. The largest absolute Gasteiger partial charge is 0.480 e. The molecule has 0 aliphatic carbocycles. The number of likely N-dealkylation sites (N-methyl/N-ethyl adjacent to an activating group) is 1. The molecule has 3 aromatic rings. The van der Waals surface area contributed by atoms with Gasteiger partial charge in [-0.25, -0.2) is 19.7 Å². The molecule has 2 aromatic heterocycles. The van der Waals surface area contributed by atoms with Crippen molar-refractivity contribution in [1.82, 2.24) is 30.2 Å². The Morgan fingerprint density at radius 3 is 2.22 bits per heavy atom. The van der Waals surface area contributed by atoms with E-state index in [4.69, 9.17) is 9.72 Å².